The van der Waals surface area contributed by atoms with E-state index in [0.29, 0.717) is 44.8 Å². The van der Waals surface area contributed by atoms with E-state index in [2.05, 4.69) is 4.90 Å². The van der Waals surface area contributed by atoms with Crippen molar-refractivity contribution in [1.82, 2.24) is 4.90 Å². The molecule has 0 aliphatic carbocycles. The number of carboxylic acid groups (broad SMARTS) is 2. The van der Waals surface area contributed by atoms with Gasteiger partial charge in [0.1, 0.15) is 0 Å². The number of ether oxygens (including phenoxy) is 1. The number of carbonyl (C=O) groups is 2. The minimum absolute atomic E-state index is 0.0569. The molecule has 6 nitrogen and oxygen atoms in total. The number of carboxylic acids is 2. The fourth-order valence-corrected chi connectivity index (χ4v) is 2.51. The first-order valence-electron chi connectivity index (χ1n) is 7.90. The van der Waals surface area contributed by atoms with Crippen molar-refractivity contribution in [2.24, 2.45) is 5.92 Å². The second kappa shape index (κ2) is 9.58. The number of hydrogen-bond acceptors (Lipinski definition) is 4. The first-order chi connectivity index (χ1) is 10.4. The van der Waals surface area contributed by atoms with Crippen LogP contribution in [0.4, 0.5) is 0 Å². The number of hydrogen-bond donors (Lipinski definition) is 2. The smallest absolute Gasteiger partial charge is 0.332 e. The minimum Gasteiger partial charge on any atom is -0.478 e. The maximum Gasteiger partial charge on any atom is 0.332 e. The molecule has 0 amide bonds. The van der Waals surface area contributed by atoms with Crippen molar-refractivity contribution in [3.8, 4) is 0 Å². The maximum absolute atomic E-state index is 11.4. The van der Waals surface area contributed by atoms with Gasteiger partial charge in [0.2, 0.25) is 0 Å². The standard InChI is InChI=1S/C16H27NO5/c1-12(2)5-6-14(16(20)21)13(15(18)19)4-3-7-17-8-10-22-11-9-17/h12H,3-11H2,1-2H3,(H,18,19)(H,20,21). The van der Waals surface area contributed by atoms with Crippen LogP contribution in [0.25, 0.3) is 0 Å². The summed E-state index contributed by atoms with van der Waals surface area (Å²) in [5, 5.41) is 18.6. The van der Waals surface area contributed by atoms with Crippen molar-refractivity contribution in [3.05, 3.63) is 11.1 Å². The second-order valence-electron chi connectivity index (χ2n) is 6.06. The summed E-state index contributed by atoms with van der Waals surface area (Å²) in [6.07, 6.45) is 1.95. The monoisotopic (exact) mass is 313 g/mol. The highest BCUT2D eigenvalue weighted by molar-refractivity contribution is 5.98. The zero-order valence-corrected chi connectivity index (χ0v) is 13.5. The summed E-state index contributed by atoms with van der Waals surface area (Å²) in [7, 11) is 0. The van der Waals surface area contributed by atoms with Gasteiger partial charge in [0.25, 0.3) is 0 Å². The van der Waals surface area contributed by atoms with Crippen LogP contribution in [0, 0.1) is 5.92 Å². The zero-order valence-electron chi connectivity index (χ0n) is 13.5. The van der Waals surface area contributed by atoms with Crippen molar-refractivity contribution in [2.45, 2.75) is 39.5 Å². The highest BCUT2D eigenvalue weighted by Gasteiger charge is 2.20. The molecule has 0 aromatic carbocycles. The quantitative estimate of drug-likeness (QED) is 0.633. The minimum atomic E-state index is -1.11. The lowest BCUT2D eigenvalue weighted by atomic mass is 9.96. The highest BCUT2D eigenvalue weighted by Crippen LogP contribution is 2.20. The molecule has 1 heterocycles. The van der Waals surface area contributed by atoms with Gasteiger partial charge in [-0.25, -0.2) is 9.59 Å². The average molecular weight is 313 g/mol. The molecule has 0 bridgehead atoms. The van der Waals surface area contributed by atoms with Crippen LogP contribution in [0.3, 0.4) is 0 Å². The third kappa shape index (κ3) is 6.58. The summed E-state index contributed by atoms with van der Waals surface area (Å²) < 4.78 is 5.27. The molecule has 0 aromatic heterocycles. The Bertz CT molecular complexity index is 411. The third-order valence-electron chi connectivity index (χ3n) is 3.86. The summed E-state index contributed by atoms with van der Waals surface area (Å²) in [6.45, 7) is 7.89. The Hall–Kier alpha value is -1.40. The van der Waals surface area contributed by atoms with E-state index in [1.54, 1.807) is 0 Å². The molecule has 0 spiro atoms. The molecule has 0 atom stereocenters. The predicted molar refractivity (Wildman–Crippen MR) is 82.9 cm³/mol. The van der Waals surface area contributed by atoms with Gasteiger partial charge >= 0.3 is 11.9 Å². The van der Waals surface area contributed by atoms with E-state index < -0.39 is 11.9 Å². The molecule has 2 N–H and O–H groups in total. The van der Waals surface area contributed by atoms with Crippen LogP contribution in [-0.2, 0) is 14.3 Å². The molecule has 1 saturated heterocycles. The highest BCUT2D eigenvalue weighted by atomic mass is 16.5. The van der Waals surface area contributed by atoms with Gasteiger partial charge in [-0.05, 0) is 38.1 Å². The summed E-state index contributed by atoms with van der Waals surface area (Å²) >= 11 is 0. The summed E-state index contributed by atoms with van der Waals surface area (Å²) in [5.74, 6) is -1.87. The third-order valence-corrected chi connectivity index (χ3v) is 3.86. The molecule has 0 unspecified atom stereocenters. The predicted octanol–water partition coefficient (Wildman–Crippen LogP) is 2.00. The Balaban J connectivity index is 2.64. The molecular formula is C16H27NO5. The topological polar surface area (TPSA) is 87.1 Å². The van der Waals surface area contributed by atoms with E-state index in [9.17, 15) is 19.8 Å². The number of nitrogens with zero attached hydrogens (tertiary/aromatic N) is 1. The summed E-state index contributed by atoms with van der Waals surface area (Å²) in [4.78, 5) is 25.0. The lowest BCUT2D eigenvalue weighted by Gasteiger charge is -2.26. The fourth-order valence-electron chi connectivity index (χ4n) is 2.51. The van der Waals surface area contributed by atoms with E-state index in [1.807, 2.05) is 13.8 Å². The van der Waals surface area contributed by atoms with Gasteiger partial charge in [-0.1, -0.05) is 13.8 Å². The van der Waals surface area contributed by atoms with Crippen LogP contribution in [0.1, 0.15) is 39.5 Å². The Morgan fingerprint density at radius 2 is 1.59 bits per heavy atom. The lowest BCUT2D eigenvalue weighted by molar-refractivity contribution is -0.136. The van der Waals surface area contributed by atoms with Gasteiger partial charge in [-0.2, -0.15) is 0 Å². The van der Waals surface area contributed by atoms with E-state index in [0.717, 1.165) is 19.6 Å². The average Bonchev–Trinajstić information content (AvgIpc) is 2.45. The Morgan fingerprint density at radius 3 is 2.09 bits per heavy atom. The molecule has 0 radical (unpaired) electrons. The normalized spacial score (nSPS) is 17.4. The molecule has 6 heteroatoms. The molecule has 22 heavy (non-hydrogen) atoms. The van der Waals surface area contributed by atoms with Crippen LogP contribution in [0.2, 0.25) is 0 Å². The van der Waals surface area contributed by atoms with Crippen molar-refractivity contribution in [2.75, 3.05) is 32.8 Å². The Kier molecular flexibility index (Phi) is 8.12. The van der Waals surface area contributed by atoms with Crippen molar-refractivity contribution < 1.29 is 24.5 Å². The molecule has 1 aliphatic rings. The van der Waals surface area contributed by atoms with Crippen molar-refractivity contribution in [3.63, 3.8) is 0 Å². The van der Waals surface area contributed by atoms with Crippen LogP contribution >= 0.6 is 0 Å². The fraction of sp³-hybridized carbons (Fsp3) is 0.750. The van der Waals surface area contributed by atoms with Crippen LogP contribution < -0.4 is 0 Å². The van der Waals surface area contributed by atoms with Crippen LogP contribution in [0.15, 0.2) is 11.1 Å². The number of morpholine rings is 1. The molecule has 0 saturated carbocycles. The van der Waals surface area contributed by atoms with E-state index in [1.165, 1.54) is 0 Å². The van der Waals surface area contributed by atoms with Crippen molar-refractivity contribution in [1.29, 1.82) is 0 Å². The lowest BCUT2D eigenvalue weighted by Crippen LogP contribution is -2.36. The largest absolute Gasteiger partial charge is 0.478 e. The Labute approximate surface area is 131 Å². The van der Waals surface area contributed by atoms with E-state index >= 15 is 0 Å². The van der Waals surface area contributed by atoms with Gasteiger partial charge in [0, 0.05) is 24.2 Å². The molecule has 1 fully saturated rings. The van der Waals surface area contributed by atoms with Crippen molar-refractivity contribution >= 4 is 11.9 Å². The molecule has 126 valence electrons. The van der Waals surface area contributed by atoms with Gasteiger partial charge in [0.05, 0.1) is 13.2 Å². The molecular weight excluding hydrogens is 286 g/mol. The molecule has 1 rings (SSSR count). The zero-order chi connectivity index (χ0) is 16.5. The van der Waals surface area contributed by atoms with Crippen LogP contribution in [-0.4, -0.2) is 59.9 Å². The molecule has 0 aromatic rings. The number of rotatable bonds is 9. The SMILES string of the molecule is CC(C)CCC(C(=O)O)=C(CCCN1CCOCC1)C(=O)O. The van der Waals surface area contributed by atoms with Gasteiger partial charge < -0.3 is 14.9 Å². The number of aliphatic carboxylic acids is 2. The first kappa shape index (κ1) is 18.6. The maximum atomic E-state index is 11.4. The van der Waals surface area contributed by atoms with Crippen LogP contribution in [0.5, 0.6) is 0 Å². The second-order valence-corrected chi connectivity index (χ2v) is 6.06. The Morgan fingerprint density at radius 1 is 1.05 bits per heavy atom. The van der Waals surface area contributed by atoms with E-state index in [4.69, 9.17) is 4.74 Å². The van der Waals surface area contributed by atoms with E-state index in [-0.39, 0.29) is 11.1 Å². The molecule has 1 aliphatic heterocycles. The van der Waals surface area contributed by atoms with Gasteiger partial charge in [-0.15, -0.1) is 0 Å². The van der Waals surface area contributed by atoms with Gasteiger partial charge in [-0.3, -0.25) is 4.90 Å². The van der Waals surface area contributed by atoms with Gasteiger partial charge in [0.15, 0.2) is 0 Å². The first-order valence-corrected chi connectivity index (χ1v) is 7.90. The summed E-state index contributed by atoms with van der Waals surface area (Å²) in [6, 6.07) is 0. The summed E-state index contributed by atoms with van der Waals surface area (Å²) in [5.41, 5.74) is 0.115.